The number of piperazine rings is 1. The minimum Gasteiger partial charge on any atom is -0.497 e. The summed E-state index contributed by atoms with van der Waals surface area (Å²) >= 11 is 0. The molecule has 8 nitrogen and oxygen atoms in total. The van der Waals surface area contributed by atoms with Gasteiger partial charge in [0.05, 0.1) is 7.11 Å². The topological polar surface area (TPSA) is 70.9 Å². The van der Waals surface area contributed by atoms with Gasteiger partial charge in [-0.15, -0.1) is 0 Å². The smallest absolute Gasteiger partial charge is 0.255 e. The molecular weight excluding hydrogens is 430 g/mol. The Kier molecular flexibility index (Phi) is 6.86. The molecule has 2 amide bonds. The molecule has 0 aliphatic carbocycles. The second kappa shape index (κ2) is 9.99. The lowest BCUT2D eigenvalue weighted by molar-refractivity contribution is -0.133. The first-order valence-electron chi connectivity index (χ1n) is 11.4. The van der Waals surface area contributed by atoms with Crippen molar-refractivity contribution in [2.75, 3.05) is 45.7 Å². The number of likely N-dealkylation sites (N-methyl/N-ethyl adjacent to an activating group) is 1. The van der Waals surface area contributed by atoms with E-state index in [1.54, 1.807) is 37.2 Å². The van der Waals surface area contributed by atoms with Crippen molar-refractivity contribution in [3.8, 4) is 5.75 Å². The number of anilines is 1. The third kappa shape index (κ3) is 4.76. The summed E-state index contributed by atoms with van der Waals surface area (Å²) in [5, 5.41) is 0. The van der Waals surface area contributed by atoms with Crippen LogP contribution in [0.5, 0.6) is 5.75 Å². The fourth-order valence-corrected chi connectivity index (χ4v) is 4.34. The highest BCUT2D eigenvalue weighted by atomic mass is 16.5. The van der Waals surface area contributed by atoms with Gasteiger partial charge < -0.3 is 24.0 Å². The van der Waals surface area contributed by atoms with Crippen molar-refractivity contribution in [2.24, 2.45) is 0 Å². The molecule has 0 N–H and O–H groups in total. The van der Waals surface area contributed by atoms with Crippen molar-refractivity contribution in [3.63, 3.8) is 0 Å². The summed E-state index contributed by atoms with van der Waals surface area (Å²) < 4.78 is 7.27. The van der Waals surface area contributed by atoms with E-state index in [9.17, 15) is 9.59 Å². The van der Waals surface area contributed by atoms with Gasteiger partial charge in [-0.3, -0.25) is 9.59 Å². The van der Waals surface area contributed by atoms with E-state index in [-0.39, 0.29) is 11.8 Å². The molecule has 0 spiro atoms. The molecule has 1 aliphatic heterocycles. The number of aromatic nitrogens is 2. The lowest BCUT2D eigenvalue weighted by Crippen LogP contribution is -2.60. The van der Waals surface area contributed by atoms with Crippen LogP contribution in [-0.2, 0) is 11.3 Å². The van der Waals surface area contributed by atoms with Crippen LogP contribution in [0.2, 0.25) is 0 Å². The molecule has 0 saturated carbocycles. The van der Waals surface area contributed by atoms with Gasteiger partial charge in [-0.1, -0.05) is 18.2 Å². The summed E-state index contributed by atoms with van der Waals surface area (Å²) in [6.45, 7) is 4.00. The van der Waals surface area contributed by atoms with E-state index in [0.29, 0.717) is 31.7 Å². The Balaban J connectivity index is 1.61. The molecule has 1 saturated heterocycles. The molecular formula is C26H31N5O3. The lowest BCUT2D eigenvalue weighted by Gasteiger charge is -2.42. The van der Waals surface area contributed by atoms with Crippen LogP contribution in [0.1, 0.15) is 21.7 Å². The summed E-state index contributed by atoms with van der Waals surface area (Å²) in [4.78, 5) is 36.7. The summed E-state index contributed by atoms with van der Waals surface area (Å²) in [6, 6.07) is 14.8. The molecule has 1 fully saturated rings. The van der Waals surface area contributed by atoms with Crippen LogP contribution in [0, 0.1) is 6.92 Å². The van der Waals surface area contributed by atoms with Gasteiger partial charge in [0, 0.05) is 63.9 Å². The van der Waals surface area contributed by atoms with Gasteiger partial charge in [-0.05, 0) is 42.8 Å². The average molecular weight is 462 g/mol. The molecule has 3 aromatic rings. The van der Waals surface area contributed by atoms with Crippen molar-refractivity contribution >= 4 is 17.5 Å². The standard InChI is InChI=1S/C26H31N5O3/c1-19-27-13-14-29(19)17-20-7-5-6-8-23(20)25(32)31-16-15-30(18-24(31)26(33)28(2)3)21-9-11-22(34-4)12-10-21/h5-14,24H,15-18H2,1-4H3/t24-/m0/s1. The van der Waals surface area contributed by atoms with Gasteiger partial charge in [0.15, 0.2) is 0 Å². The van der Waals surface area contributed by atoms with Crippen LogP contribution < -0.4 is 9.64 Å². The van der Waals surface area contributed by atoms with Crippen molar-refractivity contribution in [3.05, 3.63) is 77.9 Å². The number of aryl methyl sites for hydroxylation is 1. The van der Waals surface area contributed by atoms with E-state index in [1.165, 1.54) is 0 Å². The largest absolute Gasteiger partial charge is 0.497 e. The number of carbonyl (C=O) groups is 2. The number of imidazole rings is 1. The molecule has 0 bridgehead atoms. The predicted octanol–water partition coefficient (Wildman–Crippen LogP) is 2.67. The van der Waals surface area contributed by atoms with E-state index in [4.69, 9.17) is 4.74 Å². The predicted molar refractivity (Wildman–Crippen MR) is 131 cm³/mol. The maximum atomic E-state index is 13.8. The first kappa shape index (κ1) is 23.4. The number of hydrogen-bond donors (Lipinski definition) is 0. The number of amides is 2. The zero-order valence-corrected chi connectivity index (χ0v) is 20.1. The van der Waals surface area contributed by atoms with Crippen molar-refractivity contribution in [2.45, 2.75) is 19.5 Å². The Morgan fingerprint density at radius 2 is 1.82 bits per heavy atom. The zero-order valence-electron chi connectivity index (χ0n) is 20.1. The Labute approximate surface area is 200 Å². The van der Waals surface area contributed by atoms with E-state index < -0.39 is 6.04 Å². The van der Waals surface area contributed by atoms with Crippen LogP contribution in [0.4, 0.5) is 5.69 Å². The monoisotopic (exact) mass is 461 g/mol. The van der Waals surface area contributed by atoms with Crippen molar-refractivity contribution < 1.29 is 14.3 Å². The minimum absolute atomic E-state index is 0.0884. The van der Waals surface area contributed by atoms with Gasteiger partial charge in [0.1, 0.15) is 17.6 Å². The maximum absolute atomic E-state index is 13.8. The number of carbonyl (C=O) groups excluding carboxylic acids is 2. The maximum Gasteiger partial charge on any atom is 0.255 e. The highest BCUT2D eigenvalue weighted by molar-refractivity contribution is 5.99. The molecule has 1 aromatic heterocycles. The molecule has 1 aliphatic rings. The second-order valence-electron chi connectivity index (χ2n) is 8.65. The van der Waals surface area contributed by atoms with E-state index in [0.717, 1.165) is 22.8 Å². The average Bonchev–Trinajstić information content (AvgIpc) is 3.27. The van der Waals surface area contributed by atoms with Crippen LogP contribution in [0.3, 0.4) is 0 Å². The number of methoxy groups -OCH3 is 1. The van der Waals surface area contributed by atoms with Crippen molar-refractivity contribution in [1.82, 2.24) is 19.4 Å². The normalized spacial score (nSPS) is 15.8. The summed E-state index contributed by atoms with van der Waals surface area (Å²) in [6.07, 6.45) is 3.66. The first-order chi connectivity index (χ1) is 16.4. The molecule has 0 radical (unpaired) electrons. The summed E-state index contributed by atoms with van der Waals surface area (Å²) in [5.41, 5.74) is 2.52. The summed E-state index contributed by atoms with van der Waals surface area (Å²) in [7, 11) is 5.09. The van der Waals surface area contributed by atoms with Gasteiger partial charge in [-0.25, -0.2) is 4.98 Å². The number of nitrogens with zero attached hydrogens (tertiary/aromatic N) is 5. The second-order valence-corrected chi connectivity index (χ2v) is 8.65. The summed E-state index contributed by atoms with van der Waals surface area (Å²) in [5.74, 6) is 1.46. The van der Waals surface area contributed by atoms with Crippen LogP contribution >= 0.6 is 0 Å². The lowest BCUT2D eigenvalue weighted by atomic mass is 10.0. The Morgan fingerprint density at radius 1 is 1.09 bits per heavy atom. The number of benzene rings is 2. The zero-order chi connectivity index (χ0) is 24.2. The highest BCUT2D eigenvalue weighted by Crippen LogP contribution is 2.25. The van der Waals surface area contributed by atoms with Gasteiger partial charge >= 0.3 is 0 Å². The Morgan fingerprint density at radius 3 is 2.47 bits per heavy atom. The third-order valence-electron chi connectivity index (χ3n) is 6.32. The molecule has 2 heterocycles. The van der Waals surface area contributed by atoms with Gasteiger partial charge in [0.25, 0.3) is 5.91 Å². The number of ether oxygens (including phenoxy) is 1. The van der Waals surface area contributed by atoms with Gasteiger partial charge in [-0.2, -0.15) is 0 Å². The number of rotatable bonds is 6. The minimum atomic E-state index is -0.582. The van der Waals surface area contributed by atoms with Crippen LogP contribution in [0.25, 0.3) is 0 Å². The van der Waals surface area contributed by atoms with E-state index >= 15 is 0 Å². The SMILES string of the molecule is COc1ccc(N2CCN(C(=O)c3ccccc3Cn3ccnc3C)[C@H](C(=O)N(C)C)C2)cc1. The van der Waals surface area contributed by atoms with Crippen LogP contribution in [0.15, 0.2) is 60.9 Å². The highest BCUT2D eigenvalue weighted by Gasteiger charge is 2.37. The van der Waals surface area contributed by atoms with E-state index in [1.807, 2.05) is 66.2 Å². The Bertz CT molecular complexity index is 1160. The number of hydrogen-bond acceptors (Lipinski definition) is 5. The third-order valence-corrected chi connectivity index (χ3v) is 6.32. The molecule has 4 rings (SSSR count). The van der Waals surface area contributed by atoms with Crippen molar-refractivity contribution in [1.29, 1.82) is 0 Å². The molecule has 8 heteroatoms. The molecule has 2 aromatic carbocycles. The van der Waals surface area contributed by atoms with E-state index in [2.05, 4.69) is 9.88 Å². The molecule has 0 unspecified atom stereocenters. The van der Waals surface area contributed by atoms with Crippen LogP contribution in [-0.4, -0.2) is 78.0 Å². The molecule has 178 valence electrons. The molecule has 34 heavy (non-hydrogen) atoms. The first-order valence-corrected chi connectivity index (χ1v) is 11.4. The fraction of sp³-hybridized carbons (Fsp3) is 0.346. The Hall–Kier alpha value is -3.81. The quantitative estimate of drug-likeness (QED) is 0.565. The molecule has 1 atom stereocenters. The fourth-order valence-electron chi connectivity index (χ4n) is 4.34. The van der Waals surface area contributed by atoms with Gasteiger partial charge in [0.2, 0.25) is 5.91 Å².